The molecule has 1 aliphatic rings. The molecule has 1 aliphatic heterocycles. The number of benzene rings is 3. The predicted octanol–water partition coefficient (Wildman–Crippen LogP) is 6.02. The molecule has 0 aromatic heterocycles. The van der Waals surface area contributed by atoms with E-state index in [1.54, 1.807) is 13.8 Å². The average molecular weight is 468 g/mol. The molecule has 0 saturated heterocycles. The zero-order valence-corrected chi connectivity index (χ0v) is 20.2. The number of carbonyl (C=O) groups is 2. The quantitative estimate of drug-likeness (QED) is 0.398. The van der Waals surface area contributed by atoms with E-state index in [4.69, 9.17) is 9.47 Å². The summed E-state index contributed by atoms with van der Waals surface area (Å²) in [4.78, 5) is 28.9. The third-order valence-electron chi connectivity index (χ3n) is 5.90. The van der Waals surface area contributed by atoms with Gasteiger partial charge in [-0.05, 0) is 49.6 Å². The highest BCUT2D eigenvalue weighted by Crippen LogP contribution is 2.44. The third kappa shape index (κ3) is 4.90. The van der Waals surface area contributed by atoms with Crippen molar-refractivity contribution < 1.29 is 19.1 Å². The van der Waals surface area contributed by atoms with Gasteiger partial charge in [-0.2, -0.15) is 0 Å². The minimum Gasteiger partial charge on any atom is -0.463 e. The van der Waals surface area contributed by atoms with Crippen LogP contribution in [0.1, 0.15) is 36.5 Å². The predicted molar refractivity (Wildman–Crippen MR) is 138 cm³/mol. The molecule has 178 valence electrons. The first kappa shape index (κ1) is 24.0. The fourth-order valence-corrected chi connectivity index (χ4v) is 4.36. The van der Waals surface area contributed by atoms with Crippen molar-refractivity contribution in [2.24, 2.45) is 0 Å². The number of aryl methyl sites for hydroxylation is 1. The van der Waals surface area contributed by atoms with E-state index in [9.17, 15) is 9.59 Å². The fraction of sp³-hybridized carbons (Fsp3) is 0.200. The Balaban J connectivity index is 2.08. The van der Waals surface area contributed by atoms with Gasteiger partial charge < -0.3 is 14.4 Å². The van der Waals surface area contributed by atoms with Crippen molar-refractivity contribution in [1.29, 1.82) is 0 Å². The highest BCUT2D eigenvalue weighted by molar-refractivity contribution is 6.09. The van der Waals surface area contributed by atoms with Gasteiger partial charge in [0.2, 0.25) is 0 Å². The molecule has 5 nitrogen and oxygen atoms in total. The average Bonchev–Trinajstić information content (AvgIpc) is 2.89. The minimum absolute atomic E-state index is 0.176. The number of hydrogen-bond donors (Lipinski definition) is 0. The standard InChI is InChI=1S/C30H29NO4/c1-4-34-29(32)27-24(22-15-8-6-9-16-22)20-26(23-17-10-7-11-18-23)31(28(27)30(33)35-5-2)25-19-13-12-14-21(25)3/h6-20,24H,4-5H2,1-3H3. The summed E-state index contributed by atoms with van der Waals surface area (Å²) in [5, 5.41) is 0. The highest BCUT2D eigenvalue weighted by atomic mass is 16.5. The number of nitrogens with zero attached hydrogens (tertiary/aromatic N) is 1. The lowest BCUT2D eigenvalue weighted by atomic mass is 9.84. The summed E-state index contributed by atoms with van der Waals surface area (Å²) in [5.41, 5.74) is 4.78. The van der Waals surface area contributed by atoms with E-state index < -0.39 is 17.9 Å². The molecule has 0 radical (unpaired) electrons. The van der Waals surface area contributed by atoms with Crippen molar-refractivity contribution in [2.75, 3.05) is 18.1 Å². The Kier molecular flexibility index (Phi) is 7.46. The van der Waals surface area contributed by atoms with Crippen molar-refractivity contribution >= 4 is 23.3 Å². The maximum absolute atomic E-state index is 13.6. The van der Waals surface area contributed by atoms with Crippen molar-refractivity contribution in [3.8, 4) is 0 Å². The number of esters is 2. The molecule has 0 bridgehead atoms. The molecule has 3 aromatic rings. The van der Waals surface area contributed by atoms with E-state index in [-0.39, 0.29) is 24.5 Å². The van der Waals surface area contributed by atoms with Crippen LogP contribution in [0.4, 0.5) is 5.69 Å². The molecule has 1 unspecified atom stereocenters. The van der Waals surface area contributed by atoms with E-state index in [1.807, 2.05) is 103 Å². The van der Waals surface area contributed by atoms with Crippen LogP contribution in [0.25, 0.3) is 5.70 Å². The van der Waals surface area contributed by atoms with Crippen molar-refractivity contribution in [3.05, 3.63) is 119 Å². The van der Waals surface area contributed by atoms with E-state index in [0.29, 0.717) is 0 Å². The van der Waals surface area contributed by atoms with Crippen LogP contribution in [0, 0.1) is 6.92 Å². The van der Waals surface area contributed by atoms with Crippen molar-refractivity contribution in [1.82, 2.24) is 0 Å². The van der Waals surface area contributed by atoms with E-state index in [0.717, 1.165) is 28.1 Å². The molecule has 0 N–H and O–H groups in total. The Morgan fingerprint density at radius 2 is 1.34 bits per heavy atom. The summed E-state index contributed by atoms with van der Waals surface area (Å²) in [5.74, 6) is -1.60. The van der Waals surface area contributed by atoms with Crippen LogP contribution in [0.15, 0.2) is 102 Å². The minimum atomic E-state index is -0.568. The number of allylic oxidation sites excluding steroid dienone is 1. The lowest BCUT2D eigenvalue weighted by molar-refractivity contribution is -0.142. The van der Waals surface area contributed by atoms with Gasteiger partial charge in [0.05, 0.1) is 24.5 Å². The Labute approximate surface area is 206 Å². The number of hydrogen-bond acceptors (Lipinski definition) is 5. The molecule has 0 fully saturated rings. The zero-order valence-electron chi connectivity index (χ0n) is 20.2. The van der Waals surface area contributed by atoms with Gasteiger partial charge in [0.1, 0.15) is 5.70 Å². The summed E-state index contributed by atoms with van der Waals surface area (Å²) in [6.45, 7) is 5.87. The van der Waals surface area contributed by atoms with E-state index >= 15 is 0 Å². The highest BCUT2D eigenvalue weighted by Gasteiger charge is 2.40. The maximum atomic E-state index is 13.6. The molecule has 1 atom stereocenters. The van der Waals surface area contributed by atoms with Gasteiger partial charge in [-0.3, -0.25) is 0 Å². The second kappa shape index (κ2) is 10.9. The summed E-state index contributed by atoms with van der Waals surface area (Å²) in [7, 11) is 0. The van der Waals surface area contributed by atoms with Gasteiger partial charge in [-0.15, -0.1) is 0 Å². The molecular formula is C30H29NO4. The smallest absolute Gasteiger partial charge is 0.355 e. The number of rotatable bonds is 7. The van der Waals surface area contributed by atoms with Crippen LogP contribution < -0.4 is 4.90 Å². The number of carbonyl (C=O) groups excluding carboxylic acids is 2. The molecule has 4 rings (SSSR count). The molecular weight excluding hydrogens is 438 g/mol. The topological polar surface area (TPSA) is 55.8 Å². The van der Waals surface area contributed by atoms with Crippen molar-refractivity contribution in [2.45, 2.75) is 26.7 Å². The summed E-state index contributed by atoms with van der Waals surface area (Å²) in [6.07, 6.45) is 2.03. The zero-order chi connectivity index (χ0) is 24.8. The molecule has 0 spiro atoms. The molecule has 3 aromatic carbocycles. The first-order valence-electron chi connectivity index (χ1n) is 11.8. The second-order valence-electron chi connectivity index (χ2n) is 8.13. The van der Waals surface area contributed by atoms with Crippen LogP contribution in [-0.4, -0.2) is 25.2 Å². The Hall–Kier alpha value is -4.12. The molecule has 5 heteroatoms. The molecule has 0 aliphatic carbocycles. The molecule has 1 heterocycles. The number of ether oxygens (including phenoxy) is 2. The van der Waals surface area contributed by atoms with Crippen LogP contribution >= 0.6 is 0 Å². The Morgan fingerprint density at radius 1 is 0.771 bits per heavy atom. The first-order valence-corrected chi connectivity index (χ1v) is 11.8. The largest absolute Gasteiger partial charge is 0.463 e. The Bertz CT molecular complexity index is 1260. The van der Waals surface area contributed by atoms with Gasteiger partial charge in [-0.25, -0.2) is 9.59 Å². The van der Waals surface area contributed by atoms with Crippen molar-refractivity contribution in [3.63, 3.8) is 0 Å². The van der Waals surface area contributed by atoms with Crippen LogP contribution in [0.2, 0.25) is 0 Å². The first-order chi connectivity index (χ1) is 17.1. The summed E-state index contributed by atoms with van der Waals surface area (Å²) >= 11 is 0. The van der Waals surface area contributed by atoms with Crippen LogP contribution in [0.3, 0.4) is 0 Å². The molecule has 0 saturated carbocycles. The molecule has 0 amide bonds. The van der Waals surface area contributed by atoms with Crippen LogP contribution in [0.5, 0.6) is 0 Å². The lowest BCUT2D eigenvalue weighted by Gasteiger charge is -2.37. The SMILES string of the molecule is CCOC(=O)C1=C(C(=O)OCC)N(c2ccccc2C)C(c2ccccc2)=CC1c1ccccc1. The van der Waals surface area contributed by atoms with E-state index in [1.165, 1.54) is 0 Å². The fourth-order valence-electron chi connectivity index (χ4n) is 4.36. The van der Waals surface area contributed by atoms with E-state index in [2.05, 4.69) is 0 Å². The second-order valence-corrected chi connectivity index (χ2v) is 8.13. The van der Waals surface area contributed by atoms with Gasteiger partial charge in [0.25, 0.3) is 0 Å². The monoisotopic (exact) mass is 467 g/mol. The lowest BCUT2D eigenvalue weighted by Crippen LogP contribution is -2.36. The van der Waals surface area contributed by atoms with Gasteiger partial charge in [0, 0.05) is 11.6 Å². The summed E-state index contributed by atoms with van der Waals surface area (Å²) < 4.78 is 11.0. The van der Waals surface area contributed by atoms with Gasteiger partial charge in [0.15, 0.2) is 0 Å². The third-order valence-corrected chi connectivity index (χ3v) is 5.90. The van der Waals surface area contributed by atoms with Crippen LogP contribution in [-0.2, 0) is 19.1 Å². The maximum Gasteiger partial charge on any atom is 0.355 e. The summed E-state index contributed by atoms with van der Waals surface area (Å²) in [6, 6.07) is 27.3. The normalized spacial score (nSPS) is 15.5. The number of para-hydroxylation sites is 1. The number of anilines is 1. The van der Waals surface area contributed by atoms with Gasteiger partial charge >= 0.3 is 11.9 Å². The molecule has 35 heavy (non-hydrogen) atoms. The Morgan fingerprint density at radius 3 is 1.97 bits per heavy atom. The van der Waals surface area contributed by atoms with Gasteiger partial charge in [-0.1, -0.05) is 78.9 Å².